The van der Waals surface area contributed by atoms with E-state index in [2.05, 4.69) is 16.6 Å². The van der Waals surface area contributed by atoms with Crippen LogP contribution in [0.2, 0.25) is 0 Å². The van der Waals surface area contributed by atoms with Crippen LogP contribution in [0.15, 0.2) is 17.2 Å². The molecule has 0 saturated heterocycles. The van der Waals surface area contributed by atoms with Gasteiger partial charge in [-0.1, -0.05) is 12.8 Å². The lowest BCUT2D eigenvalue weighted by Gasteiger charge is -2.02. The lowest BCUT2D eigenvalue weighted by molar-refractivity contribution is 0.0685. The van der Waals surface area contributed by atoms with Gasteiger partial charge in [-0.3, -0.25) is 0 Å². The number of aromatic nitrogens is 1. The number of sulfonamides is 1. The van der Waals surface area contributed by atoms with Crippen LogP contribution in [0.4, 0.5) is 0 Å². The van der Waals surface area contributed by atoms with Crippen molar-refractivity contribution < 1.29 is 18.3 Å². The van der Waals surface area contributed by atoms with E-state index in [0.717, 1.165) is 6.07 Å². The van der Waals surface area contributed by atoms with Crippen LogP contribution in [0, 0.1) is 11.8 Å². The number of carboxylic acids is 1. The first-order chi connectivity index (χ1) is 8.92. The second kappa shape index (κ2) is 6.41. The van der Waals surface area contributed by atoms with Crippen LogP contribution in [0.1, 0.15) is 30.8 Å². The number of carboxylic acid groups (broad SMARTS) is 1. The van der Waals surface area contributed by atoms with Gasteiger partial charge in [-0.05, 0) is 19.4 Å². The van der Waals surface area contributed by atoms with Crippen molar-refractivity contribution in [2.75, 3.05) is 6.54 Å². The highest BCUT2D eigenvalue weighted by molar-refractivity contribution is 7.89. The number of aryl methyl sites for hydroxylation is 1. The lowest BCUT2D eigenvalue weighted by Crippen LogP contribution is -2.23. The zero-order valence-corrected chi connectivity index (χ0v) is 11.6. The van der Waals surface area contributed by atoms with Crippen LogP contribution < -0.4 is 4.72 Å². The summed E-state index contributed by atoms with van der Waals surface area (Å²) >= 11 is 0. The minimum absolute atomic E-state index is 0.000194. The number of nitrogens with zero attached hydrogens (tertiary/aromatic N) is 1. The normalized spacial score (nSPS) is 10.8. The molecule has 0 bridgehead atoms. The molecule has 1 aromatic rings. The van der Waals surface area contributed by atoms with Crippen molar-refractivity contribution in [1.29, 1.82) is 0 Å². The van der Waals surface area contributed by atoms with Gasteiger partial charge in [-0.2, -0.15) is 4.72 Å². The minimum atomic E-state index is -3.72. The van der Waals surface area contributed by atoms with Crippen molar-refractivity contribution in [2.24, 2.45) is 0 Å². The molecule has 0 spiro atoms. The monoisotopic (exact) mass is 284 g/mol. The predicted octanol–water partition coefficient (Wildman–Crippen LogP) is 0.898. The smallest absolute Gasteiger partial charge is 0.352 e. The summed E-state index contributed by atoms with van der Waals surface area (Å²) in [6, 6.07) is 1.15. The van der Waals surface area contributed by atoms with Gasteiger partial charge in [0.2, 0.25) is 10.0 Å². The van der Waals surface area contributed by atoms with Crippen molar-refractivity contribution >= 4 is 16.0 Å². The van der Waals surface area contributed by atoms with Crippen molar-refractivity contribution in [3.8, 4) is 11.8 Å². The van der Waals surface area contributed by atoms with Gasteiger partial charge in [-0.25, -0.2) is 13.2 Å². The second-order valence-electron chi connectivity index (χ2n) is 3.81. The molecule has 0 unspecified atom stereocenters. The van der Waals surface area contributed by atoms with Gasteiger partial charge >= 0.3 is 5.97 Å². The molecule has 1 aromatic heterocycles. The van der Waals surface area contributed by atoms with Crippen LogP contribution in [-0.4, -0.2) is 30.6 Å². The maximum Gasteiger partial charge on any atom is 0.352 e. The summed E-state index contributed by atoms with van der Waals surface area (Å²) in [5, 5.41) is 9.03. The highest BCUT2D eigenvalue weighted by Crippen LogP contribution is 2.15. The molecule has 1 rings (SSSR count). The average molecular weight is 284 g/mol. The Morgan fingerprint density at radius 2 is 2.21 bits per heavy atom. The largest absolute Gasteiger partial charge is 0.477 e. The predicted molar refractivity (Wildman–Crippen MR) is 70.3 cm³/mol. The van der Waals surface area contributed by atoms with E-state index in [9.17, 15) is 13.2 Å². The Bertz CT molecular complexity index is 620. The van der Waals surface area contributed by atoms with Crippen LogP contribution in [-0.2, 0) is 16.6 Å². The highest BCUT2D eigenvalue weighted by atomic mass is 32.2. The third-order valence-corrected chi connectivity index (χ3v) is 3.76. The fourth-order valence-electron chi connectivity index (χ4n) is 1.54. The molecule has 0 aliphatic carbocycles. The molecule has 0 radical (unpaired) electrons. The van der Waals surface area contributed by atoms with E-state index in [1.54, 1.807) is 6.92 Å². The van der Waals surface area contributed by atoms with E-state index < -0.39 is 16.0 Å². The van der Waals surface area contributed by atoms with Crippen LogP contribution in [0.25, 0.3) is 0 Å². The Labute approximate surface area is 112 Å². The Hall–Kier alpha value is -1.78. The molecule has 0 atom stereocenters. The lowest BCUT2D eigenvalue weighted by atomic mass is 10.4. The number of carbonyl (C=O) groups is 1. The molecule has 0 saturated carbocycles. The van der Waals surface area contributed by atoms with Crippen molar-refractivity contribution in [2.45, 2.75) is 31.7 Å². The van der Waals surface area contributed by atoms with E-state index in [1.165, 1.54) is 10.8 Å². The number of rotatable bonds is 6. The van der Waals surface area contributed by atoms with E-state index in [0.29, 0.717) is 13.0 Å². The Kier molecular flexibility index (Phi) is 5.15. The SMILES string of the molecule is CC#CCNS(=O)(=O)c1cc(C(=O)O)n(CCC)c1. The molecule has 104 valence electrons. The minimum Gasteiger partial charge on any atom is -0.477 e. The van der Waals surface area contributed by atoms with Crippen LogP contribution in [0.3, 0.4) is 0 Å². The number of hydrogen-bond acceptors (Lipinski definition) is 3. The van der Waals surface area contributed by atoms with Crippen molar-refractivity contribution in [3.63, 3.8) is 0 Å². The maximum absolute atomic E-state index is 11.9. The Morgan fingerprint density at radius 1 is 1.53 bits per heavy atom. The number of hydrogen-bond donors (Lipinski definition) is 2. The third kappa shape index (κ3) is 3.84. The van der Waals surface area contributed by atoms with E-state index in [1.807, 2.05) is 6.92 Å². The van der Waals surface area contributed by atoms with Crippen molar-refractivity contribution in [1.82, 2.24) is 9.29 Å². The van der Waals surface area contributed by atoms with E-state index in [4.69, 9.17) is 5.11 Å². The first-order valence-electron chi connectivity index (χ1n) is 5.75. The quantitative estimate of drug-likeness (QED) is 0.760. The molecule has 6 nitrogen and oxygen atoms in total. The van der Waals surface area contributed by atoms with Gasteiger partial charge in [0, 0.05) is 12.7 Å². The summed E-state index contributed by atoms with van der Waals surface area (Å²) in [5.41, 5.74) is -0.0381. The molecular weight excluding hydrogens is 268 g/mol. The van der Waals surface area contributed by atoms with Crippen molar-refractivity contribution in [3.05, 3.63) is 18.0 Å². The summed E-state index contributed by atoms with van der Waals surface area (Å²) in [7, 11) is -3.72. The standard InChI is InChI=1S/C12H16N2O4S/c1-3-5-6-13-19(17,18)10-8-11(12(15)16)14(9-10)7-4-2/h8-9,13H,4,6-7H2,1-2H3,(H,15,16). The first-order valence-corrected chi connectivity index (χ1v) is 7.23. The topological polar surface area (TPSA) is 88.4 Å². The molecule has 7 heteroatoms. The zero-order valence-electron chi connectivity index (χ0n) is 10.8. The highest BCUT2D eigenvalue weighted by Gasteiger charge is 2.20. The molecule has 0 aliphatic heterocycles. The Balaban J connectivity index is 3.09. The van der Waals surface area contributed by atoms with Crippen LogP contribution in [0.5, 0.6) is 0 Å². The fourth-order valence-corrected chi connectivity index (χ4v) is 2.50. The summed E-state index contributed by atoms with van der Waals surface area (Å²) in [6.07, 6.45) is 2.04. The molecule has 0 aromatic carbocycles. The van der Waals surface area contributed by atoms with Gasteiger partial charge in [0.05, 0.1) is 6.54 Å². The van der Waals surface area contributed by atoms with E-state index in [-0.39, 0.29) is 17.1 Å². The molecule has 0 fully saturated rings. The van der Waals surface area contributed by atoms with Gasteiger partial charge < -0.3 is 9.67 Å². The van der Waals surface area contributed by atoms with Crippen LogP contribution >= 0.6 is 0 Å². The fraction of sp³-hybridized carbons (Fsp3) is 0.417. The third-order valence-electron chi connectivity index (χ3n) is 2.39. The average Bonchev–Trinajstić information content (AvgIpc) is 2.74. The number of aromatic carboxylic acids is 1. The van der Waals surface area contributed by atoms with E-state index >= 15 is 0 Å². The summed E-state index contributed by atoms with van der Waals surface area (Å²) < 4.78 is 27.5. The second-order valence-corrected chi connectivity index (χ2v) is 5.58. The molecule has 0 aliphatic rings. The molecule has 0 amide bonds. The van der Waals surface area contributed by atoms with Gasteiger partial charge in [0.15, 0.2) is 0 Å². The van der Waals surface area contributed by atoms with Gasteiger partial charge in [-0.15, -0.1) is 5.92 Å². The van der Waals surface area contributed by atoms with Gasteiger partial charge in [0.1, 0.15) is 10.6 Å². The summed E-state index contributed by atoms with van der Waals surface area (Å²) in [4.78, 5) is 11.0. The summed E-state index contributed by atoms with van der Waals surface area (Å²) in [5.74, 6) is 4.00. The Morgan fingerprint density at radius 3 is 2.74 bits per heavy atom. The molecular formula is C12H16N2O4S. The maximum atomic E-state index is 11.9. The van der Waals surface area contributed by atoms with Gasteiger partial charge in [0.25, 0.3) is 0 Å². The molecule has 2 N–H and O–H groups in total. The zero-order chi connectivity index (χ0) is 14.5. The molecule has 1 heterocycles. The molecule has 19 heavy (non-hydrogen) atoms. The first kappa shape index (κ1) is 15.3. The number of nitrogens with one attached hydrogen (secondary N) is 1. The summed E-state index contributed by atoms with van der Waals surface area (Å²) in [6.45, 7) is 3.94.